The lowest BCUT2D eigenvalue weighted by Gasteiger charge is -2.23. The molecule has 1 aliphatic rings. The Morgan fingerprint density at radius 3 is 2.71 bits per heavy atom. The van der Waals surface area contributed by atoms with Crippen LogP contribution in [0.1, 0.15) is 41.9 Å². The number of anilines is 1. The third-order valence-corrected chi connectivity index (χ3v) is 4.38. The Labute approximate surface area is 133 Å². The molecule has 0 N–H and O–H groups in total. The first-order valence-electron chi connectivity index (χ1n) is 7.36. The molecule has 4 heteroatoms. The Bertz CT molecular complexity index is 673. The van der Waals surface area contributed by atoms with Crippen molar-refractivity contribution in [1.29, 1.82) is 0 Å². The number of amides is 1. The fourth-order valence-corrected chi connectivity index (χ4v) is 3.14. The highest BCUT2D eigenvalue weighted by Gasteiger charge is 2.29. The predicted molar refractivity (Wildman–Crippen MR) is 88.9 cm³/mol. The highest BCUT2D eigenvalue weighted by molar-refractivity contribution is 9.10. The summed E-state index contributed by atoms with van der Waals surface area (Å²) in [5.74, 6) is 0.0735. The fraction of sp³-hybridized carbons (Fsp3) is 0.353. The summed E-state index contributed by atoms with van der Waals surface area (Å²) in [6, 6.07) is 10.5. The van der Waals surface area contributed by atoms with Gasteiger partial charge in [0.15, 0.2) is 0 Å². The van der Waals surface area contributed by atoms with Gasteiger partial charge in [0, 0.05) is 28.9 Å². The summed E-state index contributed by atoms with van der Waals surface area (Å²) in [5, 5.41) is 0. The van der Waals surface area contributed by atoms with Crippen LogP contribution >= 0.6 is 15.9 Å². The number of benzene rings is 1. The van der Waals surface area contributed by atoms with Crippen LogP contribution in [0.2, 0.25) is 0 Å². The van der Waals surface area contributed by atoms with Crippen molar-refractivity contribution in [2.75, 3.05) is 11.4 Å². The number of aromatic nitrogens is 1. The van der Waals surface area contributed by atoms with Crippen molar-refractivity contribution >= 4 is 27.5 Å². The molecule has 0 spiro atoms. The highest BCUT2D eigenvalue weighted by atomic mass is 79.9. The maximum Gasteiger partial charge on any atom is 0.274 e. The summed E-state index contributed by atoms with van der Waals surface area (Å²) in [4.78, 5) is 14.8. The van der Waals surface area contributed by atoms with E-state index >= 15 is 0 Å². The Kier molecular flexibility index (Phi) is 3.89. The molecule has 1 amide bonds. The van der Waals surface area contributed by atoms with E-state index in [1.807, 2.05) is 55.3 Å². The Hall–Kier alpha value is -1.55. The van der Waals surface area contributed by atoms with E-state index in [0.717, 1.165) is 34.3 Å². The molecule has 21 heavy (non-hydrogen) atoms. The second-order valence-electron chi connectivity index (χ2n) is 5.52. The molecular formula is C17H19BrN2O. The van der Waals surface area contributed by atoms with Gasteiger partial charge in [0.25, 0.3) is 5.91 Å². The standard InChI is InChI=1S/C17H19BrN2O/c1-3-19(15-7-5-4-6-12(15)2)17(21)16-10-13(18)11-20(16)14-8-9-14/h4-7,10-11,14H,3,8-9H2,1-2H3. The van der Waals surface area contributed by atoms with Gasteiger partial charge in [0.2, 0.25) is 0 Å². The third kappa shape index (κ3) is 2.77. The van der Waals surface area contributed by atoms with Gasteiger partial charge in [0.1, 0.15) is 5.69 Å². The minimum atomic E-state index is 0.0735. The van der Waals surface area contributed by atoms with Gasteiger partial charge in [-0.25, -0.2) is 0 Å². The summed E-state index contributed by atoms with van der Waals surface area (Å²) in [6.07, 6.45) is 4.35. The first-order chi connectivity index (χ1) is 10.1. The van der Waals surface area contributed by atoms with E-state index in [-0.39, 0.29) is 5.91 Å². The van der Waals surface area contributed by atoms with Gasteiger partial charge in [-0.05, 0) is 60.3 Å². The molecule has 0 bridgehead atoms. The minimum Gasteiger partial charge on any atom is -0.339 e. The number of hydrogen-bond donors (Lipinski definition) is 0. The third-order valence-electron chi connectivity index (χ3n) is 3.94. The molecule has 1 fully saturated rings. The SMILES string of the molecule is CCN(C(=O)c1cc(Br)cn1C1CC1)c1ccccc1C. The zero-order valence-corrected chi connectivity index (χ0v) is 13.9. The summed E-state index contributed by atoms with van der Waals surface area (Å²) in [6.45, 7) is 4.72. The van der Waals surface area contributed by atoms with Crippen LogP contribution in [0.15, 0.2) is 41.0 Å². The Morgan fingerprint density at radius 1 is 1.38 bits per heavy atom. The topological polar surface area (TPSA) is 25.2 Å². The molecular weight excluding hydrogens is 328 g/mol. The van der Waals surface area contributed by atoms with Crippen molar-refractivity contribution in [1.82, 2.24) is 4.57 Å². The van der Waals surface area contributed by atoms with Crippen molar-refractivity contribution in [2.24, 2.45) is 0 Å². The molecule has 2 aromatic rings. The number of rotatable bonds is 4. The van der Waals surface area contributed by atoms with Gasteiger partial charge < -0.3 is 9.47 Å². The van der Waals surface area contributed by atoms with E-state index in [1.54, 1.807) is 0 Å². The normalized spacial score (nSPS) is 14.2. The second-order valence-corrected chi connectivity index (χ2v) is 6.43. The number of carbonyl (C=O) groups is 1. The zero-order chi connectivity index (χ0) is 15.0. The predicted octanol–water partition coefficient (Wildman–Crippen LogP) is 4.56. The molecule has 1 aromatic heterocycles. The van der Waals surface area contributed by atoms with Crippen molar-refractivity contribution in [3.63, 3.8) is 0 Å². The Morgan fingerprint density at radius 2 is 2.10 bits per heavy atom. The smallest absolute Gasteiger partial charge is 0.274 e. The van der Waals surface area contributed by atoms with Crippen molar-refractivity contribution in [2.45, 2.75) is 32.7 Å². The monoisotopic (exact) mass is 346 g/mol. The van der Waals surface area contributed by atoms with Gasteiger partial charge in [-0.15, -0.1) is 0 Å². The second kappa shape index (κ2) is 5.68. The summed E-state index contributed by atoms with van der Waals surface area (Å²) in [5.41, 5.74) is 2.88. The molecule has 0 atom stereocenters. The first kappa shape index (κ1) is 14.4. The van der Waals surface area contributed by atoms with Crippen LogP contribution in [-0.2, 0) is 0 Å². The van der Waals surface area contributed by atoms with Gasteiger partial charge >= 0.3 is 0 Å². The van der Waals surface area contributed by atoms with Crippen molar-refractivity contribution in [3.8, 4) is 0 Å². The number of carbonyl (C=O) groups excluding carboxylic acids is 1. The molecule has 3 rings (SSSR count). The average molecular weight is 347 g/mol. The van der Waals surface area contributed by atoms with E-state index in [1.165, 1.54) is 0 Å². The van der Waals surface area contributed by atoms with Crippen LogP contribution in [0.4, 0.5) is 5.69 Å². The lowest BCUT2D eigenvalue weighted by atomic mass is 10.1. The molecule has 1 heterocycles. The van der Waals surface area contributed by atoms with E-state index in [9.17, 15) is 4.79 Å². The lowest BCUT2D eigenvalue weighted by Crippen LogP contribution is -2.32. The Balaban J connectivity index is 1.98. The van der Waals surface area contributed by atoms with Gasteiger partial charge in [0.05, 0.1) is 0 Å². The average Bonchev–Trinajstić information content (AvgIpc) is 3.24. The molecule has 0 unspecified atom stereocenters. The van der Waals surface area contributed by atoms with Crippen LogP contribution in [0, 0.1) is 6.92 Å². The van der Waals surface area contributed by atoms with E-state index in [2.05, 4.69) is 20.5 Å². The summed E-state index contributed by atoms with van der Waals surface area (Å²) in [7, 11) is 0. The summed E-state index contributed by atoms with van der Waals surface area (Å²) >= 11 is 3.50. The molecule has 0 saturated heterocycles. The van der Waals surface area contributed by atoms with Crippen LogP contribution in [0.5, 0.6) is 0 Å². The maximum atomic E-state index is 13.0. The molecule has 1 saturated carbocycles. The number of aryl methyl sites for hydroxylation is 1. The van der Waals surface area contributed by atoms with E-state index < -0.39 is 0 Å². The van der Waals surface area contributed by atoms with Crippen LogP contribution in [0.3, 0.4) is 0 Å². The largest absolute Gasteiger partial charge is 0.339 e. The fourth-order valence-electron chi connectivity index (χ4n) is 2.70. The molecule has 0 radical (unpaired) electrons. The van der Waals surface area contributed by atoms with Crippen LogP contribution in [0.25, 0.3) is 0 Å². The molecule has 0 aliphatic heterocycles. The maximum absolute atomic E-state index is 13.0. The van der Waals surface area contributed by atoms with Gasteiger partial charge in [-0.2, -0.15) is 0 Å². The molecule has 110 valence electrons. The van der Waals surface area contributed by atoms with Crippen molar-refractivity contribution < 1.29 is 4.79 Å². The number of para-hydroxylation sites is 1. The molecule has 3 nitrogen and oxygen atoms in total. The van der Waals surface area contributed by atoms with E-state index in [0.29, 0.717) is 12.6 Å². The van der Waals surface area contributed by atoms with E-state index in [4.69, 9.17) is 0 Å². The lowest BCUT2D eigenvalue weighted by molar-refractivity contribution is 0.0979. The summed E-state index contributed by atoms with van der Waals surface area (Å²) < 4.78 is 3.09. The zero-order valence-electron chi connectivity index (χ0n) is 12.3. The number of hydrogen-bond acceptors (Lipinski definition) is 1. The number of halogens is 1. The van der Waals surface area contributed by atoms with Gasteiger partial charge in [-0.1, -0.05) is 18.2 Å². The van der Waals surface area contributed by atoms with Gasteiger partial charge in [-0.3, -0.25) is 4.79 Å². The van der Waals surface area contributed by atoms with Crippen LogP contribution in [-0.4, -0.2) is 17.0 Å². The first-order valence-corrected chi connectivity index (χ1v) is 8.16. The van der Waals surface area contributed by atoms with Crippen LogP contribution < -0.4 is 4.90 Å². The molecule has 1 aliphatic carbocycles. The number of nitrogens with zero attached hydrogens (tertiary/aromatic N) is 2. The quantitative estimate of drug-likeness (QED) is 0.796. The molecule has 1 aromatic carbocycles. The highest BCUT2D eigenvalue weighted by Crippen LogP contribution is 2.38. The minimum absolute atomic E-state index is 0.0735. The van der Waals surface area contributed by atoms with Crippen molar-refractivity contribution in [3.05, 3.63) is 52.3 Å².